The molecule has 4 N–H and O–H groups in total. The Morgan fingerprint density at radius 2 is 1.66 bits per heavy atom. The number of carbonyl (C=O) groups is 3. The third kappa shape index (κ3) is 8.74. The molecule has 0 atom stereocenters. The summed E-state index contributed by atoms with van der Waals surface area (Å²) in [6, 6.07) is 25.7. The Hall–Kier alpha value is -5.02. The summed E-state index contributed by atoms with van der Waals surface area (Å²) < 4.78 is 6.21. The number of nitrogens with two attached hydrogens (primary N) is 1. The summed E-state index contributed by atoms with van der Waals surface area (Å²) >= 11 is 0. The number of ether oxygens (including phenoxy) is 1. The zero-order valence-corrected chi connectivity index (χ0v) is 22.9. The van der Waals surface area contributed by atoms with Crippen LogP contribution in [0, 0.1) is 0 Å². The fraction of sp³-hybridized carbons (Fsp3) is 0.188. The zero-order chi connectivity index (χ0) is 29.0. The molecule has 4 aromatic rings. The van der Waals surface area contributed by atoms with Crippen molar-refractivity contribution in [2.24, 2.45) is 5.73 Å². The molecular weight excluding hydrogens is 518 g/mol. The van der Waals surface area contributed by atoms with Crippen LogP contribution in [0.2, 0.25) is 0 Å². The number of para-hydroxylation sites is 2. The van der Waals surface area contributed by atoms with Gasteiger partial charge >= 0.3 is 0 Å². The van der Waals surface area contributed by atoms with Crippen LogP contribution in [0.4, 0.5) is 11.4 Å². The van der Waals surface area contributed by atoms with Crippen LogP contribution in [0.5, 0.6) is 11.5 Å². The van der Waals surface area contributed by atoms with Gasteiger partial charge in [-0.2, -0.15) is 0 Å². The second kappa shape index (κ2) is 14.4. The van der Waals surface area contributed by atoms with Crippen molar-refractivity contribution in [2.45, 2.75) is 39.4 Å². The summed E-state index contributed by atoms with van der Waals surface area (Å²) in [5.41, 5.74) is 9.66. The summed E-state index contributed by atoms with van der Waals surface area (Å²) in [6.07, 6.45) is 3.38. The van der Waals surface area contributed by atoms with E-state index < -0.39 is 0 Å². The summed E-state index contributed by atoms with van der Waals surface area (Å²) in [7, 11) is 0. The van der Waals surface area contributed by atoms with Gasteiger partial charge in [0.1, 0.15) is 5.75 Å². The maximum Gasteiger partial charge on any atom is 0.227 e. The van der Waals surface area contributed by atoms with E-state index in [0.29, 0.717) is 36.0 Å². The lowest BCUT2D eigenvalue weighted by Crippen LogP contribution is -2.32. The van der Waals surface area contributed by atoms with Crippen molar-refractivity contribution >= 4 is 29.1 Å². The summed E-state index contributed by atoms with van der Waals surface area (Å²) in [6.45, 7) is 2.39. The minimum Gasteiger partial charge on any atom is -0.455 e. The summed E-state index contributed by atoms with van der Waals surface area (Å²) in [5.74, 6) is 0.457. The van der Waals surface area contributed by atoms with Crippen molar-refractivity contribution in [2.75, 3.05) is 10.2 Å². The van der Waals surface area contributed by atoms with Gasteiger partial charge in [-0.3, -0.25) is 19.4 Å². The number of anilines is 2. The molecule has 0 unspecified atom stereocenters. The largest absolute Gasteiger partial charge is 0.455 e. The lowest BCUT2D eigenvalue weighted by atomic mass is 10.1. The molecule has 0 saturated heterocycles. The minimum absolute atomic E-state index is 0.000157. The van der Waals surface area contributed by atoms with E-state index in [9.17, 15) is 14.4 Å². The highest BCUT2D eigenvalue weighted by molar-refractivity contribution is 5.96. The van der Waals surface area contributed by atoms with Crippen molar-refractivity contribution in [1.29, 1.82) is 0 Å². The molecule has 1 heterocycles. The molecule has 9 nitrogen and oxygen atoms in total. The Morgan fingerprint density at radius 3 is 2.39 bits per heavy atom. The highest BCUT2D eigenvalue weighted by Gasteiger charge is 2.21. The predicted molar refractivity (Wildman–Crippen MR) is 158 cm³/mol. The maximum atomic E-state index is 13.7. The van der Waals surface area contributed by atoms with Gasteiger partial charge in [-0.1, -0.05) is 42.5 Å². The first-order valence-electron chi connectivity index (χ1n) is 13.3. The van der Waals surface area contributed by atoms with Crippen LogP contribution < -0.4 is 26.0 Å². The Balaban J connectivity index is 1.54. The van der Waals surface area contributed by atoms with Gasteiger partial charge in [0.25, 0.3) is 0 Å². The van der Waals surface area contributed by atoms with Gasteiger partial charge in [0, 0.05) is 50.9 Å². The Labute approximate surface area is 239 Å². The van der Waals surface area contributed by atoms with Crippen molar-refractivity contribution in [3.63, 3.8) is 0 Å². The van der Waals surface area contributed by atoms with Crippen molar-refractivity contribution in [3.05, 3.63) is 114 Å². The van der Waals surface area contributed by atoms with Crippen LogP contribution in [0.25, 0.3) is 0 Å². The molecular formula is C32H33N5O4. The number of carbonyl (C=O) groups excluding carboxylic acids is 3. The van der Waals surface area contributed by atoms with E-state index in [0.717, 1.165) is 16.7 Å². The Bertz CT molecular complexity index is 1480. The minimum atomic E-state index is -0.237. The Kier molecular flexibility index (Phi) is 10.2. The molecule has 0 spiro atoms. The van der Waals surface area contributed by atoms with Crippen LogP contribution in [-0.4, -0.2) is 22.7 Å². The van der Waals surface area contributed by atoms with Gasteiger partial charge in [-0.05, 0) is 59.2 Å². The molecule has 0 aliphatic rings. The molecule has 1 aromatic heterocycles. The molecule has 0 radical (unpaired) electrons. The quantitative estimate of drug-likeness (QED) is 0.229. The Morgan fingerprint density at radius 1 is 0.878 bits per heavy atom. The number of aromatic nitrogens is 1. The fourth-order valence-corrected chi connectivity index (χ4v) is 4.16. The zero-order valence-electron chi connectivity index (χ0n) is 22.9. The number of pyridine rings is 1. The maximum absolute atomic E-state index is 13.7. The van der Waals surface area contributed by atoms with E-state index in [-0.39, 0.29) is 37.1 Å². The lowest BCUT2D eigenvalue weighted by Gasteiger charge is -2.25. The second-order valence-electron chi connectivity index (χ2n) is 9.42. The standard InChI is InChI=1S/C32H33N5O4/c1-23(38)36-27-13-11-24(12-14-27)22-37(32(40)16-15-31(39)35-21-26-7-5-17-34-20-26)29-9-2-3-10-30(29)41-28-8-4-6-25(18-28)19-33/h2-14,17-18,20H,15-16,19,21-22,33H2,1H3,(H,35,39)(H,36,38). The van der Waals surface area contributed by atoms with Crippen LogP contribution in [0.1, 0.15) is 36.5 Å². The normalized spacial score (nSPS) is 10.5. The molecule has 0 aliphatic carbocycles. The van der Waals surface area contributed by atoms with Crippen molar-refractivity contribution in [1.82, 2.24) is 10.3 Å². The summed E-state index contributed by atoms with van der Waals surface area (Å²) in [4.78, 5) is 43.3. The molecule has 4 rings (SSSR count). The van der Waals surface area contributed by atoms with Gasteiger partial charge in [-0.15, -0.1) is 0 Å². The molecule has 210 valence electrons. The summed E-state index contributed by atoms with van der Waals surface area (Å²) in [5, 5.41) is 5.59. The number of hydrogen-bond acceptors (Lipinski definition) is 6. The monoisotopic (exact) mass is 551 g/mol. The fourth-order valence-electron chi connectivity index (χ4n) is 4.16. The second-order valence-corrected chi connectivity index (χ2v) is 9.42. The van der Waals surface area contributed by atoms with Gasteiger partial charge < -0.3 is 26.0 Å². The number of hydrogen-bond donors (Lipinski definition) is 3. The third-order valence-electron chi connectivity index (χ3n) is 6.21. The number of benzene rings is 3. The lowest BCUT2D eigenvalue weighted by molar-refractivity contribution is -0.125. The van der Waals surface area contributed by atoms with Crippen molar-refractivity contribution < 1.29 is 19.1 Å². The average molecular weight is 552 g/mol. The topological polar surface area (TPSA) is 127 Å². The van der Waals surface area contributed by atoms with Gasteiger partial charge in [-0.25, -0.2) is 0 Å². The average Bonchev–Trinajstić information content (AvgIpc) is 2.99. The van der Waals surface area contributed by atoms with E-state index in [4.69, 9.17) is 10.5 Å². The van der Waals surface area contributed by atoms with E-state index >= 15 is 0 Å². The van der Waals surface area contributed by atoms with Crippen LogP contribution >= 0.6 is 0 Å². The first kappa shape index (κ1) is 29.0. The number of nitrogens with zero attached hydrogens (tertiary/aromatic N) is 2. The van der Waals surface area contributed by atoms with Crippen molar-refractivity contribution in [3.8, 4) is 11.5 Å². The van der Waals surface area contributed by atoms with Gasteiger partial charge in [0.2, 0.25) is 17.7 Å². The third-order valence-corrected chi connectivity index (χ3v) is 6.21. The van der Waals surface area contributed by atoms with E-state index in [1.807, 2.05) is 60.7 Å². The molecule has 9 heteroatoms. The molecule has 0 fully saturated rings. The first-order valence-corrected chi connectivity index (χ1v) is 13.3. The van der Waals surface area contributed by atoms with Crippen LogP contribution in [0.15, 0.2) is 97.3 Å². The van der Waals surface area contributed by atoms with E-state index in [2.05, 4.69) is 15.6 Å². The molecule has 0 saturated carbocycles. The van der Waals surface area contributed by atoms with Crippen LogP contribution in [0.3, 0.4) is 0 Å². The first-order chi connectivity index (χ1) is 19.9. The molecule has 0 bridgehead atoms. The van der Waals surface area contributed by atoms with E-state index in [1.165, 1.54) is 6.92 Å². The smallest absolute Gasteiger partial charge is 0.227 e. The highest BCUT2D eigenvalue weighted by Crippen LogP contribution is 2.34. The molecule has 0 aliphatic heterocycles. The predicted octanol–water partition coefficient (Wildman–Crippen LogP) is 4.92. The molecule has 3 amide bonds. The number of rotatable bonds is 12. The SMILES string of the molecule is CC(=O)Nc1ccc(CN(C(=O)CCC(=O)NCc2cccnc2)c2ccccc2Oc2cccc(CN)c2)cc1. The number of amides is 3. The molecule has 3 aromatic carbocycles. The molecule has 41 heavy (non-hydrogen) atoms. The van der Waals surface area contributed by atoms with E-state index in [1.54, 1.807) is 41.6 Å². The van der Waals surface area contributed by atoms with Gasteiger partial charge in [0.15, 0.2) is 5.75 Å². The highest BCUT2D eigenvalue weighted by atomic mass is 16.5. The van der Waals surface area contributed by atoms with Crippen LogP contribution in [-0.2, 0) is 34.0 Å². The van der Waals surface area contributed by atoms with Gasteiger partial charge in [0.05, 0.1) is 12.2 Å². The number of nitrogens with one attached hydrogen (secondary N) is 2.